The van der Waals surface area contributed by atoms with Crippen LogP contribution < -0.4 is 5.32 Å². The van der Waals surface area contributed by atoms with Gasteiger partial charge in [-0.3, -0.25) is 0 Å². The molecule has 1 heterocycles. The number of rotatable bonds is 5. The van der Waals surface area contributed by atoms with Gasteiger partial charge >= 0.3 is 0 Å². The first-order valence-electron chi connectivity index (χ1n) is 5.52. The Hall–Kier alpha value is -1.39. The molecule has 0 saturated heterocycles. The van der Waals surface area contributed by atoms with Gasteiger partial charge < -0.3 is 9.84 Å². The van der Waals surface area contributed by atoms with E-state index in [1.807, 2.05) is 31.3 Å². The van der Waals surface area contributed by atoms with Crippen molar-refractivity contribution in [3.05, 3.63) is 35.2 Å². The van der Waals surface area contributed by atoms with E-state index < -0.39 is 0 Å². The molecule has 0 saturated carbocycles. The van der Waals surface area contributed by atoms with Crippen LogP contribution in [0.4, 0.5) is 0 Å². The number of aromatic nitrogens is 2. The molecule has 1 N–H and O–H groups in total. The zero-order valence-corrected chi connectivity index (χ0v) is 10.4. The lowest BCUT2D eigenvalue weighted by atomic mass is 10.2. The first kappa shape index (κ1) is 12.1. The van der Waals surface area contributed by atoms with Crippen molar-refractivity contribution in [3.63, 3.8) is 0 Å². The second kappa shape index (κ2) is 5.80. The lowest BCUT2D eigenvalue weighted by molar-refractivity contribution is 0.375. The first-order chi connectivity index (χ1) is 8.29. The van der Waals surface area contributed by atoms with Gasteiger partial charge in [0.05, 0.1) is 0 Å². The van der Waals surface area contributed by atoms with Gasteiger partial charge in [0.1, 0.15) is 0 Å². The topological polar surface area (TPSA) is 51.0 Å². The third-order valence-electron chi connectivity index (χ3n) is 2.37. The maximum absolute atomic E-state index is 5.91. The molecule has 0 atom stereocenters. The van der Waals surface area contributed by atoms with E-state index in [9.17, 15) is 0 Å². The van der Waals surface area contributed by atoms with Crippen LogP contribution in [-0.4, -0.2) is 23.7 Å². The average molecular weight is 252 g/mol. The van der Waals surface area contributed by atoms with E-state index in [-0.39, 0.29) is 0 Å². The Morgan fingerprint density at radius 2 is 2.29 bits per heavy atom. The fourth-order valence-electron chi connectivity index (χ4n) is 1.52. The Morgan fingerprint density at radius 1 is 1.41 bits per heavy atom. The summed E-state index contributed by atoms with van der Waals surface area (Å²) in [5.41, 5.74) is 0.876. The van der Waals surface area contributed by atoms with E-state index >= 15 is 0 Å². The highest BCUT2D eigenvalue weighted by Crippen LogP contribution is 2.20. The summed E-state index contributed by atoms with van der Waals surface area (Å²) in [5, 5.41) is 7.69. The van der Waals surface area contributed by atoms with Crippen LogP contribution in [0.15, 0.2) is 28.8 Å². The molecule has 1 aromatic carbocycles. The summed E-state index contributed by atoms with van der Waals surface area (Å²) in [7, 11) is 1.92. The Morgan fingerprint density at radius 3 is 3.06 bits per heavy atom. The van der Waals surface area contributed by atoms with Crippen LogP contribution in [0.5, 0.6) is 0 Å². The quantitative estimate of drug-likeness (QED) is 0.830. The van der Waals surface area contributed by atoms with Crippen molar-refractivity contribution < 1.29 is 4.52 Å². The van der Waals surface area contributed by atoms with Crippen molar-refractivity contribution in [2.24, 2.45) is 0 Å². The molecule has 0 unspecified atom stereocenters. The number of halogens is 1. The monoisotopic (exact) mass is 251 g/mol. The summed E-state index contributed by atoms with van der Waals surface area (Å²) in [6.45, 7) is 0.939. The minimum Gasteiger partial charge on any atom is -0.339 e. The van der Waals surface area contributed by atoms with Crippen LogP contribution in [0.1, 0.15) is 12.3 Å². The molecule has 0 fully saturated rings. The van der Waals surface area contributed by atoms with E-state index in [0.29, 0.717) is 16.7 Å². The second-order valence-electron chi connectivity index (χ2n) is 3.73. The molecule has 0 aliphatic rings. The highest BCUT2D eigenvalue weighted by molar-refractivity contribution is 6.30. The summed E-state index contributed by atoms with van der Waals surface area (Å²) < 4.78 is 5.17. The molecule has 0 amide bonds. The summed E-state index contributed by atoms with van der Waals surface area (Å²) in [6.07, 6.45) is 1.77. The van der Waals surface area contributed by atoms with Crippen molar-refractivity contribution in [2.45, 2.75) is 12.8 Å². The molecule has 0 spiro atoms. The van der Waals surface area contributed by atoms with E-state index in [0.717, 1.165) is 24.9 Å². The van der Waals surface area contributed by atoms with Crippen molar-refractivity contribution in [1.82, 2.24) is 15.5 Å². The third-order valence-corrected chi connectivity index (χ3v) is 2.60. The van der Waals surface area contributed by atoms with Crippen molar-refractivity contribution >= 4 is 11.6 Å². The number of nitrogens with zero attached hydrogens (tertiary/aromatic N) is 2. The molecular weight excluding hydrogens is 238 g/mol. The predicted molar refractivity (Wildman–Crippen MR) is 67.0 cm³/mol. The van der Waals surface area contributed by atoms with Gasteiger partial charge in [0, 0.05) is 17.0 Å². The van der Waals surface area contributed by atoms with Crippen LogP contribution in [0.3, 0.4) is 0 Å². The SMILES string of the molecule is CNCCCc1nc(-c2cccc(Cl)c2)no1. The number of hydrogen-bond acceptors (Lipinski definition) is 4. The van der Waals surface area contributed by atoms with Crippen LogP contribution in [0, 0.1) is 0 Å². The molecule has 0 bridgehead atoms. The summed E-state index contributed by atoms with van der Waals surface area (Å²) in [4.78, 5) is 4.33. The molecule has 0 radical (unpaired) electrons. The van der Waals surface area contributed by atoms with Crippen molar-refractivity contribution in [1.29, 1.82) is 0 Å². The average Bonchev–Trinajstić information content (AvgIpc) is 2.78. The minimum absolute atomic E-state index is 0.590. The van der Waals surface area contributed by atoms with Crippen molar-refractivity contribution in [2.75, 3.05) is 13.6 Å². The van der Waals surface area contributed by atoms with Gasteiger partial charge in [-0.2, -0.15) is 4.98 Å². The lowest BCUT2D eigenvalue weighted by Crippen LogP contribution is -2.08. The summed E-state index contributed by atoms with van der Waals surface area (Å²) in [6, 6.07) is 7.42. The molecule has 0 aliphatic carbocycles. The van der Waals surface area contributed by atoms with Crippen molar-refractivity contribution in [3.8, 4) is 11.4 Å². The van der Waals surface area contributed by atoms with Crippen LogP contribution in [-0.2, 0) is 6.42 Å². The van der Waals surface area contributed by atoms with E-state index in [2.05, 4.69) is 15.5 Å². The summed E-state index contributed by atoms with van der Waals surface area (Å²) in [5.74, 6) is 1.25. The van der Waals surface area contributed by atoms with Gasteiger partial charge in [0.15, 0.2) is 0 Å². The van der Waals surface area contributed by atoms with E-state index in [4.69, 9.17) is 16.1 Å². The molecule has 2 aromatic rings. The highest BCUT2D eigenvalue weighted by atomic mass is 35.5. The van der Waals surface area contributed by atoms with Crippen LogP contribution in [0.2, 0.25) is 5.02 Å². The maximum atomic E-state index is 5.91. The van der Waals surface area contributed by atoms with E-state index in [1.165, 1.54) is 0 Å². The molecule has 2 rings (SSSR count). The van der Waals surface area contributed by atoms with Gasteiger partial charge in [-0.1, -0.05) is 28.9 Å². The van der Waals surface area contributed by atoms with Gasteiger partial charge in [-0.05, 0) is 32.1 Å². The molecule has 4 nitrogen and oxygen atoms in total. The van der Waals surface area contributed by atoms with Crippen LogP contribution >= 0.6 is 11.6 Å². The van der Waals surface area contributed by atoms with Gasteiger partial charge in [0.25, 0.3) is 0 Å². The Labute approximate surface area is 105 Å². The Bertz CT molecular complexity index is 484. The minimum atomic E-state index is 0.590. The zero-order chi connectivity index (χ0) is 12.1. The fraction of sp³-hybridized carbons (Fsp3) is 0.333. The molecule has 0 aliphatic heterocycles. The smallest absolute Gasteiger partial charge is 0.227 e. The zero-order valence-electron chi connectivity index (χ0n) is 9.61. The normalized spacial score (nSPS) is 10.7. The molecule has 90 valence electrons. The number of nitrogens with one attached hydrogen (secondary N) is 1. The standard InChI is InChI=1S/C12H14ClN3O/c1-14-7-3-6-11-15-12(16-17-11)9-4-2-5-10(13)8-9/h2,4-5,8,14H,3,6-7H2,1H3. The number of benzene rings is 1. The molecule has 5 heteroatoms. The fourth-order valence-corrected chi connectivity index (χ4v) is 1.71. The van der Waals surface area contributed by atoms with Gasteiger partial charge in [-0.25, -0.2) is 0 Å². The van der Waals surface area contributed by atoms with Gasteiger partial charge in [0.2, 0.25) is 11.7 Å². The van der Waals surface area contributed by atoms with E-state index in [1.54, 1.807) is 0 Å². The molecular formula is C12H14ClN3O. The third kappa shape index (κ3) is 3.28. The number of aryl methyl sites for hydroxylation is 1. The van der Waals surface area contributed by atoms with Crippen LogP contribution in [0.25, 0.3) is 11.4 Å². The summed E-state index contributed by atoms with van der Waals surface area (Å²) >= 11 is 5.91. The first-order valence-corrected chi connectivity index (χ1v) is 5.90. The van der Waals surface area contributed by atoms with Gasteiger partial charge in [-0.15, -0.1) is 0 Å². The predicted octanol–water partition coefficient (Wildman–Crippen LogP) is 2.54. The lowest BCUT2D eigenvalue weighted by Gasteiger charge is -1.94. The Kier molecular flexibility index (Phi) is 4.12. The Balaban J connectivity index is 2.07. The number of hydrogen-bond donors (Lipinski definition) is 1. The maximum Gasteiger partial charge on any atom is 0.227 e. The second-order valence-corrected chi connectivity index (χ2v) is 4.17. The highest BCUT2D eigenvalue weighted by Gasteiger charge is 2.08. The largest absolute Gasteiger partial charge is 0.339 e. The molecule has 17 heavy (non-hydrogen) atoms. The molecule has 1 aromatic heterocycles.